The molecule has 0 saturated carbocycles. The zero-order valence-corrected chi connectivity index (χ0v) is 13.0. The van der Waals surface area contributed by atoms with E-state index in [2.05, 4.69) is 4.99 Å². The first-order chi connectivity index (χ1) is 11.6. The molecule has 1 saturated heterocycles. The average Bonchev–Trinajstić information content (AvgIpc) is 2.93. The molecule has 0 bridgehead atoms. The Balaban J connectivity index is 1.97. The summed E-state index contributed by atoms with van der Waals surface area (Å²) in [6.45, 7) is 0.128. The molecule has 24 heavy (non-hydrogen) atoms. The van der Waals surface area contributed by atoms with Crippen molar-refractivity contribution in [3.63, 3.8) is 0 Å². The number of carbonyl (C=O) groups is 1. The minimum atomic E-state index is -0.607. The molecule has 1 aliphatic rings. The van der Waals surface area contributed by atoms with Gasteiger partial charge in [0.05, 0.1) is 18.7 Å². The Hall–Kier alpha value is -3.02. The molecule has 1 heterocycles. The molecular weight excluding hydrogens is 311 g/mol. The fourth-order valence-corrected chi connectivity index (χ4v) is 2.46. The van der Waals surface area contributed by atoms with Crippen LogP contribution >= 0.6 is 0 Å². The average molecular weight is 326 g/mol. The number of methoxy groups -OCH3 is 1. The number of benzene rings is 2. The largest absolute Gasteiger partial charge is 0.497 e. The molecule has 0 amide bonds. The van der Waals surface area contributed by atoms with E-state index in [1.807, 2.05) is 0 Å². The van der Waals surface area contributed by atoms with E-state index in [4.69, 9.17) is 14.9 Å². The van der Waals surface area contributed by atoms with Crippen molar-refractivity contribution in [3.8, 4) is 5.75 Å². The molecule has 0 aliphatic carbocycles. The molecule has 3 rings (SSSR count). The normalized spacial score (nSPS) is 17.3. The number of cyclic esters (lactones) is 1. The summed E-state index contributed by atoms with van der Waals surface area (Å²) in [5.74, 6) is -0.765. The lowest BCUT2D eigenvalue weighted by Gasteiger charge is -2.12. The number of nitrogens with zero attached hydrogens (tertiary/aromatic N) is 1. The van der Waals surface area contributed by atoms with E-state index in [1.54, 1.807) is 43.7 Å². The lowest BCUT2D eigenvalue weighted by atomic mass is 9.95. The first kappa shape index (κ1) is 15.9. The Morgan fingerprint density at radius 3 is 2.67 bits per heavy atom. The molecule has 0 aromatic heterocycles. The molecule has 6 heteroatoms. The Kier molecular flexibility index (Phi) is 4.37. The summed E-state index contributed by atoms with van der Waals surface area (Å²) in [5.41, 5.74) is 1.94. The van der Waals surface area contributed by atoms with Crippen molar-refractivity contribution in [2.75, 3.05) is 13.7 Å². The summed E-state index contributed by atoms with van der Waals surface area (Å²) < 4.78 is 23.1. The maximum absolute atomic E-state index is 13.0. The zero-order valence-electron chi connectivity index (χ0n) is 13.0. The van der Waals surface area contributed by atoms with Gasteiger partial charge >= 0.3 is 5.97 Å². The Morgan fingerprint density at radius 2 is 2.04 bits per heavy atom. The van der Waals surface area contributed by atoms with Crippen LogP contribution in [0.25, 0.3) is 0 Å². The van der Waals surface area contributed by atoms with Gasteiger partial charge in [-0.2, -0.15) is 0 Å². The third kappa shape index (κ3) is 3.17. The Morgan fingerprint density at radius 1 is 1.29 bits per heavy atom. The zero-order chi connectivity index (χ0) is 17.1. The van der Waals surface area contributed by atoms with E-state index < -0.39 is 11.9 Å². The van der Waals surface area contributed by atoms with Gasteiger partial charge in [0.15, 0.2) is 0 Å². The van der Waals surface area contributed by atoms with E-state index in [0.29, 0.717) is 17.0 Å². The number of rotatable bonds is 4. The van der Waals surface area contributed by atoms with Crippen LogP contribution in [0.15, 0.2) is 47.5 Å². The summed E-state index contributed by atoms with van der Waals surface area (Å²) in [7, 11) is 1.55. The molecule has 2 aromatic carbocycles. The monoisotopic (exact) mass is 326 g/mol. The predicted octanol–water partition coefficient (Wildman–Crippen LogP) is 3.25. The van der Waals surface area contributed by atoms with Crippen molar-refractivity contribution in [3.05, 3.63) is 59.4 Å². The topological polar surface area (TPSA) is 71.7 Å². The summed E-state index contributed by atoms with van der Waals surface area (Å²) in [6.07, 6.45) is 1.60. The van der Waals surface area contributed by atoms with Gasteiger partial charge in [0.1, 0.15) is 23.9 Å². The van der Waals surface area contributed by atoms with Crippen LogP contribution in [0.3, 0.4) is 0 Å². The second-order valence-electron chi connectivity index (χ2n) is 5.30. The summed E-state index contributed by atoms with van der Waals surface area (Å²) >= 11 is 0. The number of aliphatic imine (C=N–C) groups is 1. The van der Waals surface area contributed by atoms with Crippen LogP contribution in [-0.4, -0.2) is 31.6 Å². The van der Waals surface area contributed by atoms with Gasteiger partial charge in [-0.25, -0.2) is 9.18 Å². The van der Waals surface area contributed by atoms with Gasteiger partial charge < -0.3 is 9.47 Å². The first-order valence-corrected chi connectivity index (χ1v) is 7.31. The molecule has 0 radical (unpaired) electrons. The van der Waals surface area contributed by atoms with Crippen molar-refractivity contribution in [2.24, 2.45) is 4.99 Å². The summed E-state index contributed by atoms with van der Waals surface area (Å²) in [6, 6.07) is 11.2. The molecular formula is C18H15FN2O3. The van der Waals surface area contributed by atoms with Crippen molar-refractivity contribution < 1.29 is 18.7 Å². The van der Waals surface area contributed by atoms with Crippen LogP contribution in [0.1, 0.15) is 17.0 Å². The SMILES string of the molecule is COc1ccc(C2COC(=O)C2=N)c(/N=C/c2ccc(F)cc2)c1. The van der Waals surface area contributed by atoms with E-state index >= 15 is 0 Å². The number of hydrogen-bond acceptors (Lipinski definition) is 5. The first-order valence-electron chi connectivity index (χ1n) is 7.31. The van der Waals surface area contributed by atoms with Crippen LogP contribution in [0.2, 0.25) is 0 Å². The van der Waals surface area contributed by atoms with Gasteiger partial charge in [-0.05, 0) is 29.3 Å². The second-order valence-corrected chi connectivity index (χ2v) is 5.30. The number of nitrogens with one attached hydrogen (secondary N) is 1. The third-order valence-electron chi connectivity index (χ3n) is 3.79. The van der Waals surface area contributed by atoms with Crippen molar-refractivity contribution >= 4 is 23.6 Å². The third-order valence-corrected chi connectivity index (χ3v) is 3.79. The molecule has 1 N–H and O–H groups in total. The number of esters is 1. The maximum atomic E-state index is 13.0. The van der Waals surface area contributed by atoms with Gasteiger partial charge in [0.25, 0.3) is 0 Å². The molecule has 1 fully saturated rings. The predicted molar refractivity (Wildman–Crippen MR) is 88.1 cm³/mol. The van der Waals surface area contributed by atoms with Crippen molar-refractivity contribution in [1.29, 1.82) is 5.41 Å². The van der Waals surface area contributed by atoms with E-state index in [0.717, 1.165) is 5.56 Å². The number of ether oxygens (including phenoxy) is 2. The smallest absolute Gasteiger partial charge is 0.352 e. The van der Waals surface area contributed by atoms with Crippen LogP contribution in [0, 0.1) is 11.2 Å². The van der Waals surface area contributed by atoms with Crippen LogP contribution in [0.4, 0.5) is 10.1 Å². The molecule has 2 aromatic rings. The lowest BCUT2D eigenvalue weighted by molar-refractivity contribution is -0.132. The second kappa shape index (κ2) is 6.62. The Labute approximate surface area is 138 Å². The van der Waals surface area contributed by atoms with Crippen LogP contribution in [0.5, 0.6) is 5.75 Å². The van der Waals surface area contributed by atoms with E-state index in [-0.39, 0.29) is 18.1 Å². The highest BCUT2D eigenvalue weighted by atomic mass is 19.1. The van der Waals surface area contributed by atoms with E-state index in [1.165, 1.54) is 12.1 Å². The van der Waals surface area contributed by atoms with Crippen molar-refractivity contribution in [1.82, 2.24) is 0 Å². The quantitative estimate of drug-likeness (QED) is 0.692. The Bertz CT molecular complexity index is 816. The van der Waals surface area contributed by atoms with Crippen LogP contribution in [-0.2, 0) is 9.53 Å². The molecule has 1 unspecified atom stereocenters. The highest BCUT2D eigenvalue weighted by Crippen LogP contribution is 2.34. The van der Waals surface area contributed by atoms with Gasteiger partial charge in [-0.1, -0.05) is 18.2 Å². The van der Waals surface area contributed by atoms with E-state index in [9.17, 15) is 9.18 Å². The summed E-state index contributed by atoms with van der Waals surface area (Å²) in [5, 5.41) is 7.87. The molecule has 122 valence electrons. The fourth-order valence-electron chi connectivity index (χ4n) is 2.46. The van der Waals surface area contributed by atoms with Gasteiger partial charge in [-0.3, -0.25) is 10.4 Å². The van der Waals surface area contributed by atoms with Gasteiger partial charge in [0.2, 0.25) is 0 Å². The standard InChI is InChI=1S/C18H15FN2O3/c1-23-13-6-7-14(15-10-24-18(22)17(15)20)16(8-13)21-9-11-2-4-12(19)5-3-11/h2-9,15,20H,10H2,1H3/b20-17?,21-9+. The number of carbonyl (C=O) groups excluding carboxylic acids is 1. The van der Waals surface area contributed by atoms with Gasteiger partial charge in [-0.15, -0.1) is 0 Å². The highest BCUT2D eigenvalue weighted by molar-refractivity contribution is 6.39. The maximum Gasteiger partial charge on any atom is 0.352 e. The minimum Gasteiger partial charge on any atom is -0.497 e. The minimum absolute atomic E-state index is 0.0848. The molecule has 5 nitrogen and oxygen atoms in total. The fraction of sp³-hybridized carbons (Fsp3) is 0.167. The molecule has 0 spiro atoms. The molecule has 1 atom stereocenters. The highest BCUT2D eigenvalue weighted by Gasteiger charge is 2.33. The number of hydrogen-bond donors (Lipinski definition) is 1. The summed E-state index contributed by atoms with van der Waals surface area (Å²) in [4.78, 5) is 15.9. The molecule has 1 aliphatic heterocycles. The lowest BCUT2D eigenvalue weighted by Crippen LogP contribution is -2.12. The van der Waals surface area contributed by atoms with Crippen LogP contribution < -0.4 is 4.74 Å². The van der Waals surface area contributed by atoms with Crippen molar-refractivity contribution in [2.45, 2.75) is 5.92 Å². The van der Waals surface area contributed by atoms with Gasteiger partial charge in [0, 0.05) is 12.3 Å². The number of halogens is 1.